The van der Waals surface area contributed by atoms with Gasteiger partial charge in [0.2, 0.25) is 0 Å². The Morgan fingerprint density at radius 2 is 1.83 bits per heavy atom. The van der Waals surface area contributed by atoms with Crippen LogP contribution in [0, 0.1) is 10.1 Å². The molecule has 0 N–H and O–H groups in total. The SMILES string of the molecule is CN(C(=O)C(c1cccc(C(F)(F)F)c1)[N+](=O)[O-])C1CCCCC1N1CCCC1.Cl. The predicted octanol–water partition coefficient (Wildman–Crippen LogP) is 4.31. The van der Waals surface area contributed by atoms with Crippen LogP contribution >= 0.6 is 12.4 Å². The maximum absolute atomic E-state index is 13.1. The third kappa shape index (κ3) is 5.24. The Kier molecular flexibility index (Phi) is 8.10. The average Bonchev–Trinajstić information content (AvgIpc) is 3.21. The van der Waals surface area contributed by atoms with Gasteiger partial charge in [-0.05, 0) is 50.9 Å². The molecule has 2 fully saturated rings. The van der Waals surface area contributed by atoms with Crippen LogP contribution in [0.25, 0.3) is 0 Å². The van der Waals surface area contributed by atoms with Crippen LogP contribution in [0.15, 0.2) is 24.3 Å². The summed E-state index contributed by atoms with van der Waals surface area (Å²) in [4.78, 5) is 27.8. The normalized spacial score (nSPS) is 23.5. The van der Waals surface area contributed by atoms with Crippen molar-refractivity contribution in [3.05, 3.63) is 45.5 Å². The number of halogens is 4. The molecule has 1 aromatic carbocycles. The number of alkyl halides is 3. The summed E-state index contributed by atoms with van der Waals surface area (Å²) in [6, 6.07) is 2.01. The molecule has 168 valence electrons. The van der Waals surface area contributed by atoms with Crippen LogP contribution in [0.5, 0.6) is 0 Å². The number of nitrogens with zero attached hydrogens (tertiary/aromatic N) is 3. The van der Waals surface area contributed by atoms with E-state index in [1.165, 1.54) is 11.0 Å². The predicted molar refractivity (Wildman–Crippen MR) is 108 cm³/mol. The zero-order valence-electron chi connectivity index (χ0n) is 16.8. The molecule has 1 saturated carbocycles. The van der Waals surface area contributed by atoms with E-state index in [0.29, 0.717) is 6.07 Å². The van der Waals surface area contributed by atoms with Gasteiger partial charge in [-0.15, -0.1) is 12.4 Å². The number of hydrogen-bond acceptors (Lipinski definition) is 4. The summed E-state index contributed by atoms with van der Waals surface area (Å²) < 4.78 is 39.1. The molecule has 1 saturated heterocycles. The van der Waals surface area contributed by atoms with Crippen molar-refractivity contribution >= 4 is 18.3 Å². The van der Waals surface area contributed by atoms with Crippen LogP contribution in [-0.4, -0.2) is 52.9 Å². The molecule has 10 heteroatoms. The van der Waals surface area contributed by atoms with Crippen LogP contribution in [0.2, 0.25) is 0 Å². The minimum atomic E-state index is -4.63. The molecule has 3 unspecified atom stereocenters. The second-order valence-electron chi connectivity index (χ2n) is 7.92. The quantitative estimate of drug-likeness (QED) is 0.496. The molecule has 0 aromatic heterocycles. The number of likely N-dealkylation sites (N-methyl/N-ethyl adjacent to an activating group) is 1. The fourth-order valence-electron chi connectivity index (χ4n) is 4.64. The first-order valence-corrected chi connectivity index (χ1v) is 10.0. The molecule has 1 aliphatic heterocycles. The lowest BCUT2D eigenvalue weighted by Crippen LogP contribution is -2.54. The molecule has 2 aliphatic rings. The summed E-state index contributed by atoms with van der Waals surface area (Å²) in [5, 5.41) is 11.7. The van der Waals surface area contributed by atoms with Gasteiger partial charge in [-0.3, -0.25) is 19.8 Å². The first-order chi connectivity index (χ1) is 13.7. The van der Waals surface area contributed by atoms with Crippen molar-refractivity contribution in [3.8, 4) is 0 Å². The Morgan fingerprint density at radius 3 is 2.43 bits per heavy atom. The fourth-order valence-corrected chi connectivity index (χ4v) is 4.64. The Bertz CT molecular complexity index is 756. The van der Waals surface area contributed by atoms with Crippen LogP contribution in [0.4, 0.5) is 13.2 Å². The van der Waals surface area contributed by atoms with Gasteiger partial charge in [-0.1, -0.05) is 25.0 Å². The second kappa shape index (κ2) is 9.96. The van der Waals surface area contributed by atoms with Crippen molar-refractivity contribution in [2.75, 3.05) is 20.1 Å². The average molecular weight is 450 g/mol. The van der Waals surface area contributed by atoms with E-state index in [-0.39, 0.29) is 30.1 Å². The van der Waals surface area contributed by atoms with Gasteiger partial charge in [0, 0.05) is 29.6 Å². The van der Waals surface area contributed by atoms with Gasteiger partial charge >= 0.3 is 18.1 Å². The van der Waals surface area contributed by atoms with Gasteiger partial charge in [-0.25, -0.2) is 0 Å². The smallest absolute Gasteiger partial charge is 0.335 e. The van der Waals surface area contributed by atoms with E-state index < -0.39 is 28.6 Å². The highest BCUT2D eigenvalue weighted by Gasteiger charge is 2.42. The van der Waals surface area contributed by atoms with Crippen molar-refractivity contribution in [1.29, 1.82) is 0 Å². The number of benzene rings is 1. The van der Waals surface area contributed by atoms with Crippen LogP contribution in [-0.2, 0) is 11.0 Å². The summed E-state index contributed by atoms with van der Waals surface area (Å²) in [5.41, 5.74) is -1.24. The number of nitro groups is 1. The third-order valence-electron chi connectivity index (χ3n) is 6.12. The summed E-state index contributed by atoms with van der Waals surface area (Å²) in [7, 11) is 1.55. The molecule has 1 amide bonds. The lowest BCUT2D eigenvalue weighted by Gasteiger charge is -2.42. The molecule has 0 radical (unpaired) electrons. The molecule has 1 aliphatic carbocycles. The monoisotopic (exact) mass is 449 g/mol. The van der Waals surface area contributed by atoms with Crippen molar-refractivity contribution < 1.29 is 22.9 Å². The molecule has 0 bridgehead atoms. The highest BCUT2D eigenvalue weighted by molar-refractivity contribution is 5.85. The van der Waals surface area contributed by atoms with Gasteiger partial charge in [0.1, 0.15) is 0 Å². The first-order valence-electron chi connectivity index (χ1n) is 10.0. The van der Waals surface area contributed by atoms with E-state index in [4.69, 9.17) is 0 Å². The van der Waals surface area contributed by atoms with Crippen molar-refractivity contribution in [2.24, 2.45) is 0 Å². The summed E-state index contributed by atoms with van der Waals surface area (Å²) in [5.74, 6) is -0.759. The van der Waals surface area contributed by atoms with E-state index in [1.807, 2.05) is 0 Å². The van der Waals surface area contributed by atoms with Gasteiger partial charge in [-0.2, -0.15) is 13.2 Å². The molecule has 1 aromatic rings. The van der Waals surface area contributed by atoms with Gasteiger partial charge in [0.05, 0.1) is 5.56 Å². The number of hydrogen-bond donors (Lipinski definition) is 0. The Hall–Kier alpha value is -1.87. The van der Waals surface area contributed by atoms with Crippen molar-refractivity contribution in [3.63, 3.8) is 0 Å². The molecule has 6 nitrogen and oxygen atoms in total. The second-order valence-corrected chi connectivity index (χ2v) is 7.92. The summed E-state index contributed by atoms with van der Waals surface area (Å²) >= 11 is 0. The van der Waals surface area contributed by atoms with Crippen LogP contribution in [0.3, 0.4) is 0 Å². The highest BCUT2D eigenvalue weighted by Crippen LogP contribution is 2.33. The van der Waals surface area contributed by atoms with E-state index in [0.717, 1.165) is 63.7 Å². The molecule has 3 rings (SSSR count). The third-order valence-corrected chi connectivity index (χ3v) is 6.12. The fraction of sp³-hybridized carbons (Fsp3) is 0.650. The first kappa shape index (κ1) is 24.4. The number of amides is 1. The van der Waals surface area contributed by atoms with Crippen LogP contribution < -0.4 is 0 Å². The zero-order chi connectivity index (χ0) is 21.2. The van der Waals surface area contributed by atoms with Gasteiger partial charge < -0.3 is 4.90 Å². The molecular weight excluding hydrogens is 423 g/mol. The molecule has 0 spiro atoms. The maximum Gasteiger partial charge on any atom is 0.416 e. The van der Waals surface area contributed by atoms with Crippen molar-refractivity contribution in [2.45, 2.75) is 62.8 Å². The molecule has 1 heterocycles. The summed E-state index contributed by atoms with van der Waals surface area (Å²) in [6.07, 6.45) is 1.22. The number of carbonyl (C=O) groups excluding carboxylic acids is 1. The number of rotatable bonds is 5. The van der Waals surface area contributed by atoms with E-state index in [2.05, 4.69) is 4.90 Å². The standard InChI is InChI=1S/C20H26F3N3O3.ClH/c1-24(16-9-2-3-10-17(16)25-11-4-5-12-25)19(27)18(26(28)29)14-7-6-8-15(13-14)20(21,22)23;/h6-8,13,16-18H,2-5,9-12H2,1H3;1H. The highest BCUT2D eigenvalue weighted by atomic mass is 35.5. The Labute approximate surface area is 180 Å². The summed E-state index contributed by atoms with van der Waals surface area (Å²) in [6.45, 7) is 1.91. The van der Waals surface area contributed by atoms with E-state index in [9.17, 15) is 28.1 Å². The number of carbonyl (C=O) groups is 1. The largest absolute Gasteiger partial charge is 0.416 e. The van der Waals surface area contributed by atoms with E-state index in [1.54, 1.807) is 7.05 Å². The molecule has 3 atom stereocenters. The van der Waals surface area contributed by atoms with Crippen LogP contribution in [0.1, 0.15) is 55.7 Å². The molecule has 30 heavy (non-hydrogen) atoms. The lowest BCUT2D eigenvalue weighted by molar-refractivity contribution is -0.515. The minimum Gasteiger partial charge on any atom is -0.335 e. The zero-order valence-corrected chi connectivity index (χ0v) is 17.6. The Morgan fingerprint density at radius 1 is 1.20 bits per heavy atom. The Balaban J connectivity index is 0.00000320. The lowest BCUT2D eigenvalue weighted by atomic mass is 9.87. The van der Waals surface area contributed by atoms with E-state index >= 15 is 0 Å². The maximum atomic E-state index is 13.1. The van der Waals surface area contributed by atoms with Gasteiger partial charge in [0.25, 0.3) is 0 Å². The number of likely N-dealkylation sites (tertiary alicyclic amines) is 1. The molecular formula is C20H27ClF3N3O3. The topological polar surface area (TPSA) is 66.7 Å². The van der Waals surface area contributed by atoms with Crippen molar-refractivity contribution in [1.82, 2.24) is 9.80 Å². The minimum absolute atomic E-state index is 0. The van der Waals surface area contributed by atoms with Gasteiger partial charge in [0.15, 0.2) is 0 Å².